The zero-order valence-electron chi connectivity index (χ0n) is 17.6. The third-order valence-corrected chi connectivity index (χ3v) is 3.64. The van der Waals surface area contributed by atoms with E-state index in [0.29, 0.717) is 13.2 Å². The summed E-state index contributed by atoms with van der Waals surface area (Å²) in [6, 6.07) is -1.17. The van der Waals surface area contributed by atoms with Crippen LogP contribution in [0.25, 0.3) is 0 Å². The average molecular weight is 463 g/mol. The molecule has 0 spiro atoms. The van der Waals surface area contributed by atoms with E-state index in [4.69, 9.17) is 34.8 Å². The van der Waals surface area contributed by atoms with Gasteiger partial charge in [0.25, 0.3) is 0 Å². The van der Waals surface area contributed by atoms with Gasteiger partial charge in [-0.2, -0.15) is 0 Å². The highest BCUT2D eigenvalue weighted by Gasteiger charge is 2.11. The summed E-state index contributed by atoms with van der Waals surface area (Å²) in [7, 11) is -4.64. The number of unbranched alkanes of at least 4 members (excludes halogenated alkanes) is 9. The van der Waals surface area contributed by atoms with Crippen molar-refractivity contribution in [2.24, 2.45) is 5.73 Å². The van der Waals surface area contributed by atoms with E-state index < -0.39 is 19.8 Å². The molecule has 0 bridgehead atoms. The van der Waals surface area contributed by atoms with E-state index in [1.165, 1.54) is 57.8 Å². The Bertz CT molecular complexity index is 414. The second-order valence-corrected chi connectivity index (χ2v) is 7.52. The molecule has 0 aromatic heterocycles. The number of carboxylic acid groups (broad SMARTS) is 1. The Hall–Kier alpha value is -0.660. The predicted molar refractivity (Wildman–Crippen MR) is 107 cm³/mol. The number of carboxylic acids is 1. The van der Waals surface area contributed by atoms with Gasteiger partial charge in [-0.3, -0.25) is 4.79 Å². The number of carbonyl (C=O) groups is 1. The minimum atomic E-state index is -4.64. The van der Waals surface area contributed by atoms with Crippen LogP contribution in [-0.2, 0) is 33.9 Å². The van der Waals surface area contributed by atoms with Crippen LogP contribution in [0.15, 0.2) is 0 Å². The molecule has 1 unspecified atom stereocenters. The van der Waals surface area contributed by atoms with Gasteiger partial charge in [-0.1, -0.05) is 64.7 Å². The molecular formula is C17H38NO11P. The van der Waals surface area contributed by atoms with E-state index >= 15 is 0 Å². The molecule has 0 saturated carbocycles. The molecule has 0 aliphatic carbocycles. The van der Waals surface area contributed by atoms with Crippen molar-refractivity contribution in [1.82, 2.24) is 0 Å². The van der Waals surface area contributed by atoms with Gasteiger partial charge in [0, 0.05) is 6.61 Å². The third-order valence-electron chi connectivity index (χ3n) is 3.64. The molecule has 1 atom stereocenters. The van der Waals surface area contributed by atoms with Crippen molar-refractivity contribution in [3.8, 4) is 0 Å². The first-order valence-corrected chi connectivity index (χ1v) is 11.7. The van der Waals surface area contributed by atoms with Crippen LogP contribution < -0.4 is 5.73 Å². The lowest BCUT2D eigenvalue weighted by atomic mass is 10.1. The number of nitrogens with two attached hydrogens (primary N) is 1. The first kappa shape index (κ1) is 31.5. The topological polar surface area (TPSA) is 187 Å². The Morgan fingerprint density at radius 2 is 1.30 bits per heavy atom. The third kappa shape index (κ3) is 34.8. The van der Waals surface area contributed by atoms with Gasteiger partial charge in [0.2, 0.25) is 0 Å². The van der Waals surface area contributed by atoms with Gasteiger partial charge in [0.15, 0.2) is 0 Å². The van der Waals surface area contributed by atoms with E-state index in [2.05, 4.69) is 26.8 Å². The molecule has 0 aliphatic heterocycles. The summed E-state index contributed by atoms with van der Waals surface area (Å²) in [5, 5.41) is 16.8. The number of hydrogen-bond donors (Lipinski definition) is 5. The highest BCUT2D eigenvalue weighted by atomic mass is 31.2. The normalized spacial score (nSPS) is 12.3. The van der Waals surface area contributed by atoms with Gasteiger partial charge in [-0.05, 0) is 16.5 Å². The van der Waals surface area contributed by atoms with E-state index in [9.17, 15) is 4.79 Å². The maximum absolute atomic E-state index is 10.4. The fraction of sp³-hybridized carbons (Fsp3) is 0.941. The molecule has 0 amide bonds. The minimum absolute atomic E-state index is 0.187. The molecule has 30 heavy (non-hydrogen) atoms. The van der Waals surface area contributed by atoms with E-state index in [-0.39, 0.29) is 13.2 Å². The Labute approximate surface area is 177 Å². The molecule has 0 saturated heterocycles. The van der Waals surface area contributed by atoms with Crippen LogP contribution in [0.1, 0.15) is 71.1 Å². The Morgan fingerprint density at radius 1 is 0.833 bits per heavy atom. The number of ether oxygens (including phenoxy) is 1. The van der Waals surface area contributed by atoms with Crippen molar-refractivity contribution in [3.05, 3.63) is 0 Å². The van der Waals surface area contributed by atoms with Crippen LogP contribution in [0.2, 0.25) is 0 Å². The maximum atomic E-state index is 10.4. The molecule has 0 aliphatic rings. The van der Waals surface area contributed by atoms with Gasteiger partial charge in [-0.25, -0.2) is 14.3 Å². The lowest BCUT2D eigenvalue weighted by Gasteiger charge is -2.06. The van der Waals surface area contributed by atoms with Crippen LogP contribution in [-0.4, -0.2) is 58.2 Å². The van der Waals surface area contributed by atoms with Gasteiger partial charge in [0.05, 0.1) is 6.61 Å². The van der Waals surface area contributed by atoms with Crippen molar-refractivity contribution < 1.29 is 53.7 Å². The number of hydrogen-bond acceptors (Lipinski definition) is 8. The van der Waals surface area contributed by atoms with E-state index in [1.807, 2.05) is 0 Å². The zero-order valence-corrected chi connectivity index (χ0v) is 18.5. The minimum Gasteiger partial charge on any atom is -0.480 e. The summed E-state index contributed by atoms with van der Waals surface area (Å²) in [5.74, 6) is -1.19. The van der Waals surface area contributed by atoms with Crippen molar-refractivity contribution in [1.29, 1.82) is 0 Å². The molecule has 12 nitrogen and oxygen atoms in total. The standard InChI is InChI=1S/C17H35NO7.H3O4P/c1-2-3-4-5-6-7-8-9-10-11-12-21-13-14-22-24-25-23-15-16(18)17(19)20;1-5(2,3)4/h16H,2-15,18H2,1H3,(H,19,20);(H3,1,2,3,4). The van der Waals surface area contributed by atoms with Crippen molar-refractivity contribution in [3.63, 3.8) is 0 Å². The van der Waals surface area contributed by atoms with Crippen LogP contribution in [0.3, 0.4) is 0 Å². The van der Waals surface area contributed by atoms with Crippen molar-refractivity contribution >= 4 is 13.8 Å². The number of rotatable bonds is 20. The molecule has 182 valence electrons. The summed E-state index contributed by atoms with van der Waals surface area (Å²) < 4.78 is 14.3. The molecule has 0 aromatic carbocycles. The molecule has 13 heteroatoms. The molecule has 0 radical (unpaired) electrons. The van der Waals surface area contributed by atoms with Gasteiger partial charge < -0.3 is 30.3 Å². The summed E-state index contributed by atoms with van der Waals surface area (Å²) in [4.78, 5) is 40.9. The Balaban J connectivity index is 0. The summed E-state index contributed by atoms with van der Waals surface area (Å²) in [5.41, 5.74) is 5.17. The van der Waals surface area contributed by atoms with Gasteiger partial charge in [-0.15, -0.1) is 0 Å². The quantitative estimate of drug-likeness (QED) is 0.0767. The summed E-state index contributed by atoms with van der Waals surface area (Å²) in [6.45, 7) is 3.17. The van der Waals surface area contributed by atoms with Gasteiger partial charge in [0.1, 0.15) is 19.3 Å². The first-order chi connectivity index (χ1) is 14.2. The van der Waals surface area contributed by atoms with Crippen LogP contribution in [0, 0.1) is 0 Å². The maximum Gasteiger partial charge on any atom is 0.466 e. The molecule has 6 N–H and O–H groups in total. The van der Waals surface area contributed by atoms with Crippen LogP contribution in [0.5, 0.6) is 0 Å². The Kier molecular flexibility index (Phi) is 24.2. The lowest BCUT2D eigenvalue weighted by Crippen LogP contribution is -2.34. The van der Waals surface area contributed by atoms with E-state index in [1.54, 1.807) is 0 Å². The molecule has 0 fully saturated rings. The predicted octanol–water partition coefficient (Wildman–Crippen LogP) is 2.22. The average Bonchev–Trinajstić information content (AvgIpc) is 2.65. The molecule has 0 aromatic rings. The second kappa shape index (κ2) is 23.0. The van der Waals surface area contributed by atoms with Crippen LogP contribution >= 0.6 is 7.82 Å². The SMILES string of the molecule is CCCCCCCCCCCCOCCOOOOCC(N)C(=O)O.O=P(O)(O)O. The lowest BCUT2D eigenvalue weighted by molar-refractivity contribution is -0.634. The fourth-order valence-electron chi connectivity index (χ4n) is 2.13. The van der Waals surface area contributed by atoms with Gasteiger partial charge >= 0.3 is 13.8 Å². The first-order valence-electron chi connectivity index (χ1n) is 10.1. The molecule has 0 heterocycles. The fourth-order valence-corrected chi connectivity index (χ4v) is 2.13. The number of phosphoric acid groups is 1. The van der Waals surface area contributed by atoms with Crippen LogP contribution in [0.4, 0.5) is 0 Å². The zero-order chi connectivity index (χ0) is 23.1. The summed E-state index contributed by atoms with van der Waals surface area (Å²) >= 11 is 0. The highest BCUT2D eigenvalue weighted by Crippen LogP contribution is 2.25. The largest absolute Gasteiger partial charge is 0.480 e. The van der Waals surface area contributed by atoms with Crippen molar-refractivity contribution in [2.45, 2.75) is 77.2 Å². The van der Waals surface area contributed by atoms with Crippen molar-refractivity contribution in [2.75, 3.05) is 26.4 Å². The highest BCUT2D eigenvalue weighted by molar-refractivity contribution is 7.45. The molecule has 0 rings (SSSR count). The molecular weight excluding hydrogens is 425 g/mol. The summed E-state index contributed by atoms with van der Waals surface area (Å²) in [6.07, 6.45) is 12.9. The number of aliphatic carboxylic acids is 1. The Morgan fingerprint density at radius 3 is 1.80 bits per heavy atom. The second-order valence-electron chi connectivity index (χ2n) is 6.49. The monoisotopic (exact) mass is 463 g/mol. The smallest absolute Gasteiger partial charge is 0.466 e. The van der Waals surface area contributed by atoms with E-state index in [0.717, 1.165) is 6.42 Å².